The predicted octanol–water partition coefficient (Wildman–Crippen LogP) is 3.59. The van der Waals surface area contributed by atoms with E-state index in [1.807, 2.05) is 19.2 Å². The molecular weight excluding hydrogens is 258 g/mol. The molecule has 0 spiro atoms. The highest BCUT2D eigenvalue weighted by Crippen LogP contribution is 2.37. The lowest BCUT2D eigenvalue weighted by Crippen LogP contribution is -2.55. The predicted molar refractivity (Wildman–Crippen MR) is 94.0 cm³/mol. The van der Waals surface area contributed by atoms with Gasteiger partial charge in [0.25, 0.3) is 0 Å². The second-order valence-corrected chi connectivity index (χ2v) is 7.41. The van der Waals surface area contributed by atoms with Gasteiger partial charge in [-0.1, -0.05) is 20.4 Å². The fourth-order valence-electron chi connectivity index (χ4n) is 3.16. The first kappa shape index (κ1) is 18.1. The van der Waals surface area contributed by atoms with E-state index in [4.69, 9.17) is 0 Å². The van der Waals surface area contributed by atoms with E-state index in [2.05, 4.69) is 56.1 Å². The molecule has 3 nitrogen and oxygen atoms in total. The molecule has 120 valence electrons. The van der Waals surface area contributed by atoms with E-state index in [0.29, 0.717) is 0 Å². The van der Waals surface area contributed by atoms with Crippen molar-refractivity contribution in [2.45, 2.75) is 46.6 Å². The lowest BCUT2D eigenvalue weighted by molar-refractivity contribution is 0.0391. The molecule has 0 aromatic rings. The SMILES string of the molecule is C=C(C=CN=CC)C(C)(C)CC(C)(C)N1CCN(C)CC1. The maximum Gasteiger partial charge on any atom is 0.0266 e. The Kier molecular flexibility index (Phi) is 6.36. The molecular formula is C18H33N3. The first-order valence-corrected chi connectivity index (χ1v) is 7.96. The highest BCUT2D eigenvalue weighted by Gasteiger charge is 2.35. The Morgan fingerprint density at radius 3 is 2.24 bits per heavy atom. The van der Waals surface area contributed by atoms with Crippen LogP contribution in [0.25, 0.3) is 0 Å². The minimum Gasteiger partial charge on any atom is -0.304 e. The van der Waals surface area contributed by atoms with Gasteiger partial charge in [0.1, 0.15) is 0 Å². The molecule has 1 rings (SSSR count). The number of hydrogen-bond donors (Lipinski definition) is 0. The summed E-state index contributed by atoms with van der Waals surface area (Å²) in [5.74, 6) is 0. The fourth-order valence-corrected chi connectivity index (χ4v) is 3.16. The maximum atomic E-state index is 4.25. The Labute approximate surface area is 131 Å². The standard InChI is InChI=1S/C18H33N3/c1-8-19-10-9-16(2)17(3,4)15-18(5,6)21-13-11-20(7)12-14-21/h8-10H,2,11-15H2,1,3-7H3. The third kappa shape index (κ3) is 5.40. The van der Waals surface area contributed by atoms with Crippen LogP contribution in [0.5, 0.6) is 0 Å². The maximum absolute atomic E-state index is 4.25. The minimum absolute atomic E-state index is 0.0760. The summed E-state index contributed by atoms with van der Waals surface area (Å²) in [6, 6.07) is 0. The van der Waals surface area contributed by atoms with Crippen LogP contribution < -0.4 is 0 Å². The van der Waals surface area contributed by atoms with E-state index >= 15 is 0 Å². The fraction of sp³-hybridized carbons (Fsp3) is 0.722. The molecule has 1 aliphatic heterocycles. The van der Waals surface area contributed by atoms with Gasteiger partial charge in [-0.15, -0.1) is 0 Å². The molecule has 0 aromatic heterocycles. The van der Waals surface area contributed by atoms with Crippen LogP contribution in [0.2, 0.25) is 0 Å². The van der Waals surface area contributed by atoms with Crippen molar-refractivity contribution in [1.82, 2.24) is 9.80 Å². The molecule has 0 aromatic carbocycles. The molecule has 0 unspecified atom stereocenters. The van der Waals surface area contributed by atoms with Gasteiger partial charge in [0, 0.05) is 44.1 Å². The summed E-state index contributed by atoms with van der Waals surface area (Å²) in [4.78, 5) is 9.16. The van der Waals surface area contributed by atoms with E-state index in [0.717, 1.165) is 38.2 Å². The van der Waals surface area contributed by atoms with Crippen LogP contribution in [-0.2, 0) is 0 Å². The van der Waals surface area contributed by atoms with Crippen LogP contribution in [0.1, 0.15) is 41.0 Å². The van der Waals surface area contributed by atoms with E-state index < -0.39 is 0 Å². The molecule has 0 saturated carbocycles. The zero-order valence-electron chi connectivity index (χ0n) is 14.8. The third-order valence-electron chi connectivity index (χ3n) is 4.61. The van der Waals surface area contributed by atoms with Crippen molar-refractivity contribution in [3.63, 3.8) is 0 Å². The van der Waals surface area contributed by atoms with Gasteiger partial charge in [-0.25, -0.2) is 0 Å². The van der Waals surface area contributed by atoms with Gasteiger partial charge in [0.2, 0.25) is 0 Å². The molecule has 21 heavy (non-hydrogen) atoms. The molecule has 3 heteroatoms. The van der Waals surface area contributed by atoms with Crippen LogP contribution >= 0.6 is 0 Å². The molecule has 1 saturated heterocycles. The summed E-state index contributed by atoms with van der Waals surface area (Å²) >= 11 is 0. The first-order valence-electron chi connectivity index (χ1n) is 7.96. The molecule has 0 amide bonds. The molecule has 1 aliphatic rings. The first-order chi connectivity index (χ1) is 9.69. The number of hydrogen-bond acceptors (Lipinski definition) is 3. The van der Waals surface area contributed by atoms with Crippen LogP contribution in [0, 0.1) is 5.41 Å². The number of nitrogens with zero attached hydrogens (tertiary/aromatic N) is 3. The number of piperazine rings is 1. The van der Waals surface area contributed by atoms with Crippen molar-refractivity contribution in [2.75, 3.05) is 33.2 Å². The number of aliphatic imine (C=N–C) groups is 1. The van der Waals surface area contributed by atoms with Gasteiger partial charge in [-0.05, 0) is 51.3 Å². The molecule has 0 aliphatic carbocycles. The summed E-state index contributed by atoms with van der Waals surface area (Å²) in [6.07, 6.45) is 6.78. The summed E-state index contributed by atoms with van der Waals surface area (Å²) in [7, 11) is 2.20. The Hall–Kier alpha value is -0.930. The Morgan fingerprint density at radius 2 is 1.71 bits per heavy atom. The van der Waals surface area contributed by atoms with Gasteiger partial charge in [0.15, 0.2) is 0 Å². The van der Waals surface area contributed by atoms with Crippen LogP contribution in [0.3, 0.4) is 0 Å². The molecule has 0 bridgehead atoms. The van der Waals surface area contributed by atoms with E-state index in [1.165, 1.54) is 0 Å². The average molecular weight is 291 g/mol. The largest absolute Gasteiger partial charge is 0.304 e. The molecule has 0 atom stereocenters. The summed E-state index contributed by atoms with van der Waals surface area (Å²) in [5, 5.41) is 0. The number of allylic oxidation sites excluding steroid dienone is 2. The molecule has 1 fully saturated rings. The van der Waals surface area contributed by atoms with Crippen LogP contribution in [0.4, 0.5) is 0 Å². The molecule has 1 heterocycles. The van der Waals surface area contributed by atoms with Crippen LogP contribution in [-0.4, -0.2) is 54.8 Å². The van der Waals surface area contributed by atoms with Gasteiger partial charge in [-0.3, -0.25) is 9.89 Å². The quantitative estimate of drug-likeness (QED) is 0.550. The zero-order valence-corrected chi connectivity index (χ0v) is 14.8. The molecule has 0 radical (unpaired) electrons. The highest BCUT2D eigenvalue weighted by molar-refractivity contribution is 5.54. The van der Waals surface area contributed by atoms with Crippen molar-refractivity contribution in [3.8, 4) is 0 Å². The van der Waals surface area contributed by atoms with E-state index in [1.54, 1.807) is 6.21 Å². The lowest BCUT2D eigenvalue weighted by atomic mass is 9.74. The van der Waals surface area contributed by atoms with Gasteiger partial charge < -0.3 is 4.90 Å². The summed E-state index contributed by atoms with van der Waals surface area (Å²) < 4.78 is 0. The van der Waals surface area contributed by atoms with Crippen molar-refractivity contribution in [1.29, 1.82) is 0 Å². The molecule has 0 N–H and O–H groups in total. The smallest absolute Gasteiger partial charge is 0.0266 e. The second-order valence-electron chi connectivity index (χ2n) is 7.41. The van der Waals surface area contributed by atoms with Crippen LogP contribution in [0.15, 0.2) is 29.4 Å². The Balaban J connectivity index is 2.69. The minimum atomic E-state index is 0.0760. The Bertz CT molecular complexity index is 397. The van der Waals surface area contributed by atoms with Crippen molar-refractivity contribution >= 4 is 6.21 Å². The lowest BCUT2D eigenvalue weighted by Gasteiger charge is -2.46. The second kappa shape index (κ2) is 7.37. The van der Waals surface area contributed by atoms with E-state index in [-0.39, 0.29) is 11.0 Å². The zero-order chi connectivity index (χ0) is 16.1. The van der Waals surface area contributed by atoms with Crippen molar-refractivity contribution < 1.29 is 0 Å². The van der Waals surface area contributed by atoms with E-state index in [9.17, 15) is 0 Å². The highest BCUT2D eigenvalue weighted by atomic mass is 15.3. The topological polar surface area (TPSA) is 18.8 Å². The number of likely N-dealkylation sites (N-methyl/N-ethyl adjacent to an activating group) is 1. The Morgan fingerprint density at radius 1 is 1.14 bits per heavy atom. The normalized spacial score (nSPS) is 19.7. The monoisotopic (exact) mass is 291 g/mol. The van der Waals surface area contributed by atoms with Crippen molar-refractivity contribution in [3.05, 3.63) is 24.4 Å². The van der Waals surface area contributed by atoms with Gasteiger partial charge in [-0.2, -0.15) is 0 Å². The van der Waals surface area contributed by atoms with Crippen molar-refractivity contribution in [2.24, 2.45) is 10.4 Å². The average Bonchev–Trinajstić information content (AvgIpc) is 2.38. The summed E-state index contributed by atoms with van der Waals surface area (Å²) in [6.45, 7) is 20.1. The number of rotatable bonds is 6. The van der Waals surface area contributed by atoms with Gasteiger partial charge >= 0.3 is 0 Å². The third-order valence-corrected chi connectivity index (χ3v) is 4.61. The van der Waals surface area contributed by atoms with Gasteiger partial charge in [0.05, 0.1) is 0 Å². The summed E-state index contributed by atoms with van der Waals surface area (Å²) in [5.41, 5.74) is 1.41.